The summed E-state index contributed by atoms with van der Waals surface area (Å²) in [4.78, 5) is 29.1. The topological polar surface area (TPSA) is 85.1 Å². The number of ether oxygens (including phenoxy) is 2. The van der Waals surface area contributed by atoms with E-state index < -0.39 is 5.91 Å². The van der Waals surface area contributed by atoms with Gasteiger partial charge in [0.15, 0.2) is 0 Å². The molecule has 0 spiro atoms. The van der Waals surface area contributed by atoms with Crippen molar-refractivity contribution in [3.05, 3.63) is 94.5 Å². The fourth-order valence-electron chi connectivity index (χ4n) is 4.64. The molecule has 1 fully saturated rings. The van der Waals surface area contributed by atoms with E-state index in [0.29, 0.717) is 30.0 Å². The molecule has 0 aromatic heterocycles. The van der Waals surface area contributed by atoms with Crippen LogP contribution in [0.4, 0.5) is 0 Å². The molecule has 180 valence electrons. The number of hydrogen-bond acceptors (Lipinski definition) is 5. The van der Waals surface area contributed by atoms with E-state index in [1.807, 2.05) is 29.2 Å². The molecular weight excluding hydrogens is 442 g/mol. The number of amides is 2. The van der Waals surface area contributed by atoms with E-state index in [4.69, 9.17) is 15.2 Å². The Morgan fingerprint density at radius 2 is 1.74 bits per heavy atom. The van der Waals surface area contributed by atoms with Crippen molar-refractivity contribution >= 4 is 11.8 Å². The van der Waals surface area contributed by atoms with Crippen molar-refractivity contribution in [2.75, 3.05) is 32.8 Å². The van der Waals surface area contributed by atoms with Gasteiger partial charge in [-0.15, -0.1) is 0 Å². The summed E-state index contributed by atoms with van der Waals surface area (Å²) in [6.45, 7) is 4.96. The summed E-state index contributed by atoms with van der Waals surface area (Å²) in [5.74, 6) is 0.935. The number of nitrogens with two attached hydrogens (primary N) is 1. The number of benzene rings is 3. The Balaban J connectivity index is 1.16. The molecule has 0 aliphatic carbocycles. The van der Waals surface area contributed by atoms with E-state index >= 15 is 0 Å². The third kappa shape index (κ3) is 5.30. The zero-order valence-corrected chi connectivity index (χ0v) is 19.6. The lowest BCUT2D eigenvalue weighted by Gasteiger charge is -2.35. The average Bonchev–Trinajstić information content (AvgIpc) is 3.36. The van der Waals surface area contributed by atoms with E-state index in [0.717, 1.165) is 44.0 Å². The zero-order chi connectivity index (χ0) is 24.2. The standard InChI is InChI=1S/C28H29N3O4/c29-27(32)24-6-1-2-7-26(24)35-19-21-4-3-5-23(17-21)28(33)31-13-11-30(12-14-31)18-20-8-9-25-22(16-20)10-15-34-25/h1-9,16-17H,10-15,18-19H2,(H2,29,32). The Morgan fingerprint density at radius 1 is 0.914 bits per heavy atom. The summed E-state index contributed by atoms with van der Waals surface area (Å²) < 4.78 is 11.4. The number of rotatable bonds is 7. The van der Waals surface area contributed by atoms with Gasteiger partial charge in [0.2, 0.25) is 0 Å². The Bertz CT molecular complexity index is 1230. The highest BCUT2D eigenvalue weighted by Crippen LogP contribution is 2.26. The fourth-order valence-corrected chi connectivity index (χ4v) is 4.64. The highest BCUT2D eigenvalue weighted by molar-refractivity contribution is 5.95. The fraction of sp³-hybridized carbons (Fsp3) is 0.286. The van der Waals surface area contributed by atoms with Gasteiger partial charge in [0.1, 0.15) is 18.1 Å². The van der Waals surface area contributed by atoms with Crippen molar-refractivity contribution in [1.29, 1.82) is 0 Å². The van der Waals surface area contributed by atoms with Crippen LogP contribution in [0.1, 0.15) is 37.4 Å². The molecule has 3 aromatic carbocycles. The van der Waals surface area contributed by atoms with Crippen LogP contribution in [0, 0.1) is 0 Å². The Kier molecular flexibility index (Phi) is 6.68. The van der Waals surface area contributed by atoms with Crippen LogP contribution < -0.4 is 15.2 Å². The van der Waals surface area contributed by atoms with Crippen LogP contribution in [0.2, 0.25) is 0 Å². The Morgan fingerprint density at radius 3 is 2.57 bits per heavy atom. The molecule has 35 heavy (non-hydrogen) atoms. The van der Waals surface area contributed by atoms with Crippen molar-refractivity contribution in [3.63, 3.8) is 0 Å². The normalized spacial score (nSPS) is 15.4. The molecule has 0 radical (unpaired) electrons. The molecule has 0 unspecified atom stereocenters. The van der Waals surface area contributed by atoms with Gasteiger partial charge in [0.25, 0.3) is 11.8 Å². The lowest BCUT2D eigenvalue weighted by Crippen LogP contribution is -2.48. The summed E-state index contributed by atoms with van der Waals surface area (Å²) in [5.41, 5.74) is 9.84. The van der Waals surface area contributed by atoms with E-state index in [1.54, 1.807) is 24.3 Å². The van der Waals surface area contributed by atoms with E-state index in [1.165, 1.54) is 11.1 Å². The number of primary amides is 1. The first-order valence-electron chi connectivity index (χ1n) is 11.9. The molecular formula is C28H29N3O4. The Labute approximate surface area is 205 Å². The third-order valence-electron chi connectivity index (χ3n) is 6.54. The molecule has 0 saturated carbocycles. The van der Waals surface area contributed by atoms with Gasteiger partial charge < -0.3 is 20.1 Å². The minimum atomic E-state index is -0.533. The maximum Gasteiger partial charge on any atom is 0.253 e. The largest absolute Gasteiger partial charge is 0.493 e. The summed E-state index contributed by atoms with van der Waals surface area (Å²) in [6.07, 6.45) is 0.979. The average molecular weight is 472 g/mol. The number of piperazine rings is 1. The first kappa shape index (κ1) is 22.9. The summed E-state index contributed by atoms with van der Waals surface area (Å²) in [6, 6.07) is 20.8. The van der Waals surface area contributed by atoms with Gasteiger partial charge in [-0.1, -0.05) is 36.4 Å². The highest BCUT2D eigenvalue weighted by atomic mass is 16.5. The SMILES string of the molecule is NC(=O)c1ccccc1OCc1cccc(C(=O)N2CCN(Cc3ccc4c(c3)CCO4)CC2)c1. The molecule has 0 bridgehead atoms. The number of hydrogen-bond donors (Lipinski definition) is 1. The second kappa shape index (κ2) is 10.2. The molecule has 1 saturated heterocycles. The Hall–Kier alpha value is -3.84. The number of carbonyl (C=O) groups excluding carboxylic acids is 2. The predicted octanol–water partition coefficient (Wildman–Crippen LogP) is 3.26. The zero-order valence-electron chi connectivity index (χ0n) is 19.6. The second-order valence-electron chi connectivity index (χ2n) is 8.96. The van der Waals surface area contributed by atoms with Crippen molar-refractivity contribution in [2.24, 2.45) is 5.73 Å². The molecule has 2 heterocycles. The number of para-hydroxylation sites is 1. The maximum atomic E-state index is 13.2. The molecule has 5 rings (SSSR count). The first-order valence-corrected chi connectivity index (χ1v) is 11.9. The van der Waals surface area contributed by atoms with Crippen LogP contribution in [-0.4, -0.2) is 54.4 Å². The minimum Gasteiger partial charge on any atom is -0.493 e. The third-order valence-corrected chi connectivity index (χ3v) is 6.54. The van der Waals surface area contributed by atoms with Crippen molar-refractivity contribution in [3.8, 4) is 11.5 Å². The van der Waals surface area contributed by atoms with Gasteiger partial charge >= 0.3 is 0 Å². The molecule has 2 aliphatic heterocycles. The first-order chi connectivity index (χ1) is 17.1. The van der Waals surface area contributed by atoms with Crippen LogP contribution in [0.5, 0.6) is 11.5 Å². The lowest BCUT2D eigenvalue weighted by atomic mass is 10.1. The highest BCUT2D eigenvalue weighted by Gasteiger charge is 2.23. The summed E-state index contributed by atoms with van der Waals surface area (Å²) in [5, 5.41) is 0. The van der Waals surface area contributed by atoms with Crippen LogP contribution in [0.25, 0.3) is 0 Å². The van der Waals surface area contributed by atoms with Gasteiger partial charge in [0.05, 0.1) is 12.2 Å². The van der Waals surface area contributed by atoms with Gasteiger partial charge in [0, 0.05) is 44.7 Å². The van der Waals surface area contributed by atoms with Crippen molar-refractivity contribution < 1.29 is 19.1 Å². The van der Waals surface area contributed by atoms with Crippen LogP contribution in [0.15, 0.2) is 66.7 Å². The van der Waals surface area contributed by atoms with Gasteiger partial charge in [-0.05, 0) is 47.0 Å². The van der Waals surface area contributed by atoms with E-state index in [2.05, 4.69) is 23.1 Å². The van der Waals surface area contributed by atoms with Crippen LogP contribution in [0.3, 0.4) is 0 Å². The smallest absolute Gasteiger partial charge is 0.253 e. The molecule has 7 nitrogen and oxygen atoms in total. The van der Waals surface area contributed by atoms with Gasteiger partial charge in [-0.25, -0.2) is 0 Å². The van der Waals surface area contributed by atoms with Crippen molar-refractivity contribution in [2.45, 2.75) is 19.6 Å². The van der Waals surface area contributed by atoms with Crippen molar-refractivity contribution in [1.82, 2.24) is 9.80 Å². The maximum absolute atomic E-state index is 13.2. The molecule has 2 amide bonds. The van der Waals surface area contributed by atoms with E-state index in [9.17, 15) is 9.59 Å². The monoisotopic (exact) mass is 471 g/mol. The van der Waals surface area contributed by atoms with Crippen LogP contribution in [-0.2, 0) is 19.6 Å². The molecule has 2 aliphatic rings. The summed E-state index contributed by atoms with van der Waals surface area (Å²) >= 11 is 0. The lowest BCUT2D eigenvalue weighted by molar-refractivity contribution is 0.0628. The minimum absolute atomic E-state index is 0.0266. The van der Waals surface area contributed by atoms with Gasteiger partial charge in [-0.2, -0.15) is 0 Å². The number of fused-ring (bicyclic) bond motifs is 1. The summed E-state index contributed by atoms with van der Waals surface area (Å²) in [7, 11) is 0. The molecule has 0 atom stereocenters. The molecule has 2 N–H and O–H groups in total. The number of nitrogens with zero attached hydrogens (tertiary/aromatic N) is 2. The second-order valence-corrected chi connectivity index (χ2v) is 8.96. The molecule has 3 aromatic rings. The van der Waals surface area contributed by atoms with Gasteiger partial charge in [-0.3, -0.25) is 14.5 Å². The van der Waals surface area contributed by atoms with Crippen LogP contribution >= 0.6 is 0 Å². The van der Waals surface area contributed by atoms with E-state index in [-0.39, 0.29) is 12.5 Å². The quantitative estimate of drug-likeness (QED) is 0.572. The molecule has 7 heteroatoms. The predicted molar refractivity (Wildman–Crippen MR) is 133 cm³/mol. The number of carbonyl (C=O) groups is 2.